The molecule has 2 N–H and O–H groups in total. The van der Waals surface area contributed by atoms with Crippen LogP contribution in [-0.4, -0.2) is 49.4 Å². The van der Waals surface area contributed by atoms with Crippen molar-refractivity contribution in [1.82, 2.24) is 9.88 Å². The number of hydrogen-bond acceptors (Lipinski definition) is 6. The van der Waals surface area contributed by atoms with Crippen LogP contribution in [0.2, 0.25) is 0 Å². The summed E-state index contributed by atoms with van der Waals surface area (Å²) in [6, 6.07) is 3.91. The number of nitrogen functional groups attached to an aromatic ring is 1. The zero-order valence-electron chi connectivity index (χ0n) is 15.0. The Kier molecular flexibility index (Phi) is 6.90. The molecule has 0 bridgehead atoms. The molecule has 0 amide bonds. The van der Waals surface area contributed by atoms with Gasteiger partial charge in [-0.3, -0.25) is 4.99 Å². The van der Waals surface area contributed by atoms with Crippen molar-refractivity contribution < 1.29 is 4.74 Å². The summed E-state index contributed by atoms with van der Waals surface area (Å²) in [7, 11) is 2.06. The highest BCUT2D eigenvalue weighted by Crippen LogP contribution is 2.23. The number of nitrogens with zero attached hydrogens (tertiary/aromatic N) is 4. The van der Waals surface area contributed by atoms with Crippen LogP contribution in [0.4, 0.5) is 11.5 Å². The molecule has 1 aromatic rings. The molecule has 0 atom stereocenters. The molecule has 2 heterocycles. The maximum atomic E-state index is 5.97. The second kappa shape index (κ2) is 9.15. The van der Waals surface area contributed by atoms with Crippen LogP contribution in [0.1, 0.15) is 33.1 Å². The summed E-state index contributed by atoms with van der Waals surface area (Å²) in [6.07, 6.45) is 6.77. The SMILES string of the molecule is CCCN(CCC)c1cc(N)nc(OCCC2=CN=CCN2C)c1. The van der Waals surface area contributed by atoms with Crippen LogP contribution in [0.25, 0.3) is 0 Å². The molecule has 24 heavy (non-hydrogen) atoms. The fraction of sp³-hybridized carbons (Fsp3) is 0.556. The molecule has 1 aromatic heterocycles. The van der Waals surface area contributed by atoms with Gasteiger partial charge >= 0.3 is 0 Å². The maximum absolute atomic E-state index is 5.97. The molecular formula is C18H29N5O. The Balaban J connectivity index is 1.99. The van der Waals surface area contributed by atoms with Crippen molar-refractivity contribution in [1.29, 1.82) is 0 Å². The summed E-state index contributed by atoms with van der Waals surface area (Å²) in [4.78, 5) is 13.0. The van der Waals surface area contributed by atoms with E-state index in [2.05, 4.69) is 40.7 Å². The Labute approximate surface area is 145 Å². The Morgan fingerprint density at radius 3 is 2.67 bits per heavy atom. The smallest absolute Gasteiger partial charge is 0.217 e. The van der Waals surface area contributed by atoms with E-state index in [0.717, 1.165) is 44.6 Å². The first kappa shape index (κ1) is 18.1. The van der Waals surface area contributed by atoms with Crippen molar-refractivity contribution in [3.63, 3.8) is 0 Å². The van der Waals surface area contributed by atoms with Crippen LogP contribution in [0, 0.1) is 0 Å². The molecule has 1 aliphatic heterocycles. The predicted molar refractivity (Wildman–Crippen MR) is 101 cm³/mol. The zero-order valence-corrected chi connectivity index (χ0v) is 15.0. The molecule has 0 aromatic carbocycles. The lowest BCUT2D eigenvalue weighted by atomic mass is 10.2. The number of aromatic nitrogens is 1. The first-order valence-corrected chi connectivity index (χ1v) is 8.71. The number of aliphatic imine (C=N–C) groups is 1. The van der Waals surface area contributed by atoms with E-state index in [1.807, 2.05) is 24.5 Å². The van der Waals surface area contributed by atoms with Crippen LogP contribution in [-0.2, 0) is 0 Å². The Hall–Kier alpha value is -2.24. The second-order valence-electron chi connectivity index (χ2n) is 6.01. The topological polar surface area (TPSA) is 67.0 Å². The molecule has 0 saturated heterocycles. The van der Waals surface area contributed by atoms with Crippen molar-refractivity contribution in [2.24, 2.45) is 4.99 Å². The summed E-state index contributed by atoms with van der Waals surface area (Å²) in [5, 5.41) is 0. The van der Waals surface area contributed by atoms with Crippen molar-refractivity contribution in [3.05, 3.63) is 24.0 Å². The van der Waals surface area contributed by atoms with Crippen molar-refractivity contribution in [2.45, 2.75) is 33.1 Å². The third-order valence-corrected chi connectivity index (χ3v) is 3.94. The van der Waals surface area contributed by atoms with Crippen LogP contribution in [0.3, 0.4) is 0 Å². The number of rotatable bonds is 9. The van der Waals surface area contributed by atoms with Gasteiger partial charge in [-0.1, -0.05) is 13.8 Å². The molecule has 132 valence electrons. The highest BCUT2D eigenvalue weighted by Gasteiger charge is 2.10. The lowest BCUT2D eigenvalue weighted by Crippen LogP contribution is -2.25. The zero-order chi connectivity index (χ0) is 17.4. The van der Waals surface area contributed by atoms with E-state index < -0.39 is 0 Å². The molecule has 0 radical (unpaired) electrons. The van der Waals surface area contributed by atoms with Crippen LogP contribution in [0.15, 0.2) is 29.0 Å². The normalized spacial score (nSPS) is 13.8. The van der Waals surface area contributed by atoms with Crippen LogP contribution < -0.4 is 15.4 Å². The molecule has 0 aliphatic carbocycles. The van der Waals surface area contributed by atoms with Crippen LogP contribution in [0.5, 0.6) is 5.88 Å². The van der Waals surface area contributed by atoms with Gasteiger partial charge in [0.1, 0.15) is 5.82 Å². The van der Waals surface area contributed by atoms with Crippen LogP contribution >= 0.6 is 0 Å². The largest absolute Gasteiger partial charge is 0.477 e. The van der Waals surface area contributed by atoms with Gasteiger partial charge in [-0.25, -0.2) is 0 Å². The predicted octanol–water partition coefficient (Wildman–Crippen LogP) is 2.92. The van der Waals surface area contributed by atoms with Crippen molar-refractivity contribution in [2.75, 3.05) is 43.9 Å². The van der Waals surface area contributed by atoms with Gasteiger partial charge in [0.2, 0.25) is 5.88 Å². The molecule has 0 spiro atoms. The van der Waals surface area contributed by atoms with Crippen molar-refractivity contribution in [3.8, 4) is 5.88 Å². The third kappa shape index (κ3) is 5.15. The Morgan fingerprint density at radius 2 is 2.00 bits per heavy atom. The molecular weight excluding hydrogens is 302 g/mol. The molecule has 1 aliphatic rings. The molecule has 2 rings (SSSR count). The van der Waals surface area contributed by atoms with Gasteiger partial charge in [-0.2, -0.15) is 4.98 Å². The van der Waals surface area contributed by atoms with E-state index in [1.54, 1.807) is 0 Å². The molecule has 6 nitrogen and oxygen atoms in total. The summed E-state index contributed by atoms with van der Waals surface area (Å²) in [5.41, 5.74) is 8.22. The number of nitrogens with two attached hydrogens (primary N) is 1. The van der Waals surface area contributed by atoms with E-state index in [4.69, 9.17) is 10.5 Å². The molecule has 0 saturated carbocycles. The lowest BCUT2D eigenvalue weighted by molar-refractivity contribution is 0.293. The van der Waals surface area contributed by atoms with Gasteiger partial charge in [0.15, 0.2) is 0 Å². The third-order valence-electron chi connectivity index (χ3n) is 3.94. The van der Waals surface area contributed by atoms with Gasteiger partial charge in [0, 0.05) is 62.5 Å². The Morgan fingerprint density at radius 1 is 1.25 bits per heavy atom. The minimum absolute atomic E-state index is 0.498. The Bertz CT molecular complexity index is 579. The summed E-state index contributed by atoms with van der Waals surface area (Å²) in [6.45, 7) is 7.78. The van der Waals surface area contributed by atoms with E-state index in [1.165, 1.54) is 5.70 Å². The summed E-state index contributed by atoms with van der Waals surface area (Å²) >= 11 is 0. The minimum Gasteiger partial charge on any atom is -0.477 e. The summed E-state index contributed by atoms with van der Waals surface area (Å²) < 4.78 is 5.85. The number of hydrogen-bond donors (Lipinski definition) is 1. The first-order valence-electron chi connectivity index (χ1n) is 8.71. The second-order valence-corrected chi connectivity index (χ2v) is 6.01. The van der Waals surface area contributed by atoms with Gasteiger partial charge in [0.25, 0.3) is 0 Å². The fourth-order valence-corrected chi connectivity index (χ4v) is 2.72. The van der Waals surface area contributed by atoms with E-state index in [-0.39, 0.29) is 0 Å². The average molecular weight is 331 g/mol. The van der Waals surface area contributed by atoms with E-state index >= 15 is 0 Å². The number of anilines is 2. The first-order chi connectivity index (χ1) is 11.6. The fourth-order valence-electron chi connectivity index (χ4n) is 2.72. The maximum Gasteiger partial charge on any atom is 0.217 e. The number of ether oxygens (including phenoxy) is 1. The van der Waals surface area contributed by atoms with E-state index in [0.29, 0.717) is 18.3 Å². The van der Waals surface area contributed by atoms with Gasteiger partial charge in [0.05, 0.1) is 13.2 Å². The van der Waals surface area contributed by atoms with Gasteiger partial charge in [-0.05, 0) is 12.8 Å². The van der Waals surface area contributed by atoms with Gasteiger partial charge in [-0.15, -0.1) is 0 Å². The summed E-state index contributed by atoms with van der Waals surface area (Å²) in [5.74, 6) is 1.09. The quantitative estimate of drug-likeness (QED) is 0.753. The number of pyridine rings is 1. The lowest BCUT2D eigenvalue weighted by Gasteiger charge is -2.25. The van der Waals surface area contributed by atoms with E-state index in [9.17, 15) is 0 Å². The highest BCUT2D eigenvalue weighted by molar-refractivity contribution is 5.62. The standard InChI is InChI=1S/C18H29N5O/c1-4-8-23(9-5-2)16-12-17(19)21-18(13-16)24-11-6-15-14-20-7-10-22(15)3/h7,12-14H,4-6,8-11H2,1-3H3,(H2,19,21). The monoisotopic (exact) mass is 331 g/mol. The minimum atomic E-state index is 0.498. The van der Waals surface area contributed by atoms with Gasteiger partial charge < -0.3 is 20.3 Å². The molecule has 0 fully saturated rings. The molecule has 6 heteroatoms. The average Bonchev–Trinajstić information content (AvgIpc) is 2.56. The highest BCUT2D eigenvalue weighted by atomic mass is 16.5. The molecule has 0 unspecified atom stereocenters. The van der Waals surface area contributed by atoms with Crippen molar-refractivity contribution >= 4 is 17.7 Å².